The molecular formula is C19H28I2N3O+. The molecular weight excluding hydrogens is 540 g/mol. The Balaban J connectivity index is 3.28. The Kier molecular flexibility index (Phi) is 9.15. The van der Waals surface area contributed by atoms with E-state index in [9.17, 15) is 4.79 Å². The summed E-state index contributed by atoms with van der Waals surface area (Å²) in [6, 6.07) is 5.71. The molecule has 0 aromatic heterocycles. The van der Waals surface area contributed by atoms with Gasteiger partial charge in [-0.15, -0.1) is 0 Å². The van der Waals surface area contributed by atoms with Crippen molar-refractivity contribution < 1.29 is 10.1 Å². The molecule has 0 atom stereocenters. The van der Waals surface area contributed by atoms with E-state index < -0.39 is 18.9 Å². The lowest BCUT2D eigenvalue weighted by Gasteiger charge is -2.15. The Morgan fingerprint density at radius 3 is 2.52 bits per heavy atom. The van der Waals surface area contributed by atoms with Crippen molar-refractivity contribution >= 4 is 61.2 Å². The lowest BCUT2D eigenvalue weighted by atomic mass is 10.1. The monoisotopic (exact) mass is 568 g/mol. The molecule has 1 amide bonds. The second kappa shape index (κ2) is 10.3. The highest BCUT2D eigenvalue weighted by atomic mass is 127. The number of hydrogen-bond donors (Lipinski definition) is 3. The summed E-state index contributed by atoms with van der Waals surface area (Å²) in [5, 5.41) is 8.34. The molecule has 4 N–H and O–H groups in total. The van der Waals surface area contributed by atoms with Gasteiger partial charge in [0.05, 0.1) is 7.05 Å². The van der Waals surface area contributed by atoms with Gasteiger partial charge >= 0.3 is 0 Å². The van der Waals surface area contributed by atoms with Crippen molar-refractivity contribution in [1.29, 1.82) is 0 Å². The van der Waals surface area contributed by atoms with Crippen LogP contribution < -0.4 is 16.0 Å². The number of carbonyl (C=O) groups excluding carboxylic acids is 1. The molecule has 0 saturated heterocycles. The van der Waals surface area contributed by atoms with Crippen molar-refractivity contribution in [1.82, 2.24) is 5.32 Å². The number of hydrogen-bond acceptors (Lipinski definition) is 2. The van der Waals surface area contributed by atoms with E-state index in [2.05, 4.69) is 70.0 Å². The first-order chi connectivity index (χ1) is 11.8. The molecule has 4 nitrogen and oxygen atoms in total. The number of nitrogens with two attached hydrogens (primary N) is 1. The second-order valence-corrected chi connectivity index (χ2v) is 12.0. The van der Waals surface area contributed by atoms with Crippen LogP contribution in [0.2, 0.25) is 0 Å². The van der Waals surface area contributed by atoms with Crippen LogP contribution in [0.15, 0.2) is 37.1 Å². The zero-order valence-corrected chi connectivity index (χ0v) is 20.1. The summed E-state index contributed by atoms with van der Waals surface area (Å²) in [5.74, 6) is -0.0821. The maximum atomic E-state index is 11.9. The maximum Gasteiger partial charge on any atom is 0.251 e. The van der Waals surface area contributed by atoms with E-state index in [-0.39, 0.29) is 5.91 Å². The molecule has 0 radical (unpaired) electrons. The van der Waals surface area contributed by atoms with Crippen molar-refractivity contribution in [2.24, 2.45) is 0 Å². The Morgan fingerprint density at radius 2 is 2.00 bits per heavy atom. The summed E-state index contributed by atoms with van der Waals surface area (Å²) in [6.07, 6.45) is 2.08. The zero-order valence-electron chi connectivity index (χ0n) is 15.8. The molecule has 1 aromatic carbocycles. The van der Waals surface area contributed by atoms with Crippen molar-refractivity contribution in [2.45, 2.75) is 27.7 Å². The second-order valence-electron chi connectivity index (χ2n) is 5.52. The Hall–Kier alpha value is -0.870. The summed E-state index contributed by atoms with van der Waals surface area (Å²) in [5.41, 5.74) is 3.76. The predicted molar refractivity (Wildman–Crippen MR) is 128 cm³/mol. The third-order valence-electron chi connectivity index (χ3n) is 3.92. The van der Waals surface area contributed by atoms with E-state index in [1.807, 2.05) is 32.0 Å². The minimum atomic E-state index is -1.52. The van der Waals surface area contributed by atoms with Gasteiger partial charge in [-0.05, 0) is 64.6 Å². The summed E-state index contributed by atoms with van der Waals surface area (Å²) < 4.78 is 8.43. The van der Waals surface area contributed by atoms with Gasteiger partial charge in [0.25, 0.3) is 5.91 Å². The Labute approximate surface area is 171 Å². The fraction of sp³-hybridized carbons (Fsp3) is 0.316. The van der Waals surface area contributed by atoms with E-state index in [0.717, 1.165) is 16.9 Å². The number of carbonyl (C=O) groups is 1. The van der Waals surface area contributed by atoms with Gasteiger partial charge in [0.1, 0.15) is 3.63 Å². The van der Waals surface area contributed by atoms with Crippen molar-refractivity contribution in [2.75, 3.05) is 19.4 Å². The highest BCUT2D eigenvalue weighted by Crippen LogP contribution is 2.34. The summed E-state index contributed by atoms with van der Waals surface area (Å²) in [7, 11) is 3.72. The Morgan fingerprint density at radius 1 is 1.36 bits per heavy atom. The number of anilines is 1. The molecule has 0 aliphatic carbocycles. The van der Waals surface area contributed by atoms with Gasteiger partial charge in [-0.3, -0.25) is 4.79 Å². The molecule has 25 heavy (non-hydrogen) atoms. The third kappa shape index (κ3) is 5.82. The van der Waals surface area contributed by atoms with Crippen LogP contribution in [0.5, 0.6) is 0 Å². The van der Waals surface area contributed by atoms with Crippen molar-refractivity contribution in [3.8, 4) is 0 Å². The topological polar surface area (TPSA) is 57.7 Å². The molecule has 1 aromatic rings. The molecule has 0 heterocycles. The fourth-order valence-electron chi connectivity index (χ4n) is 2.08. The SMILES string of the molecule is C=I(C(C)=C(I)C(=CC)Nc1cc(C(=O)NC)ccc1C)=C(C)[NH2+]C. The number of halogens is 2. The van der Waals surface area contributed by atoms with Crippen LogP contribution in [-0.4, -0.2) is 28.1 Å². The average molecular weight is 568 g/mol. The highest BCUT2D eigenvalue weighted by molar-refractivity contribution is 14.2. The van der Waals surface area contributed by atoms with E-state index in [1.54, 1.807) is 7.05 Å². The van der Waals surface area contributed by atoms with Crippen molar-refractivity contribution in [3.05, 3.63) is 48.3 Å². The summed E-state index contributed by atoms with van der Waals surface area (Å²) in [4.78, 5) is 11.9. The number of allylic oxidation sites excluding steroid dienone is 3. The first-order valence-electron chi connectivity index (χ1n) is 8.01. The number of benzene rings is 1. The van der Waals surface area contributed by atoms with Gasteiger partial charge in [0, 0.05) is 34.5 Å². The van der Waals surface area contributed by atoms with Crippen LogP contribution in [0.1, 0.15) is 36.7 Å². The highest BCUT2D eigenvalue weighted by Gasteiger charge is 2.11. The first-order valence-corrected chi connectivity index (χ1v) is 12.8. The summed E-state index contributed by atoms with van der Waals surface area (Å²) in [6.45, 7) is 8.42. The molecule has 0 fully saturated rings. The molecule has 6 heteroatoms. The molecule has 0 unspecified atom stereocenters. The lowest BCUT2D eigenvalue weighted by Crippen LogP contribution is -2.82. The zero-order chi connectivity index (χ0) is 19.1. The van der Waals surface area contributed by atoms with Crippen LogP contribution >= 0.6 is 41.5 Å². The number of nitrogens with one attached hydrogen (secondary N) is 2. The number of quaternary nitrogens is 1. The Bertz CT molecular complexity index is 801. The molecule has 138 valence electrons. The lowest BCUT2D eigenvalue weighted by molar-refractivity contribution is -0.502. The number of aryl methyl sites for hydroxylation is 1. The number of rotatable bonds is 6. The van der Waals surface area contributed by atoms with E-state index in [4.69, 9.17) is 0 Å². The molecule has 0 bridgehead atoms. The largest absolute Gasteiger partial charge is 0.355 e. The molecule has 0 aliphatic rings. The third-order valence-corrected chi connectivity index (χ3v) is 11.5. The standard InChI is InChI=1S/C19H27I2N3O/c1-8-16(18(20)13(3)21(5)14(4)22-6)24-17-11-15(19(25)23-7)10-9-12(17)2/h8-11,22,24H,5H2,1-4,6-7H3,(H,23,25)/p+1. The van der Waals surface area contributed by atoms with E-state index in [0.29, 0.717) is 5.56 Å². The van der Waals surface area contributed by atoms with E-state index in [1.165, 1.54) is 10.8 Å². The smallest absolute Gasteiger partial charge is 0.251 e. The van der Waals surface area contributed by atoms with Gasteiger partial charge in [0.15, 0.2) is 0 Å². The van der Waals surface area contributed by atoms with Crippen LogP contribution in [0.3, 0.4) is 0 Å². The molecule has 0 spiro atoms. The predicted octanol–water partition coefficient (Wildman–Crippen LogP) is 3.62. The minimum Gasteiger partial charge on any atom is -0.355 e. The van der Waals surface area contributed by atoms with Crippen molar-refractivity contribution in [3.63, 3.8) is 0 Å². The molecule has 0 saturated carbocycles. The van der Waals surface area contributed by atoms with Crippen LogP contribution in [0, 0.1) is 6.92 Å². The van der Waals surface area contributed by atoms with Gasteiger partial charge in [-0.2, -0.15) is 0 Å². The molecule has 1 rings (SSSR count). The van der Waals surface area contributed by atoms with Crippen LogP contribution in [-0.2, 0) is 0 Å². The maximum absolute atomic E-state index is 11.9. The summed E-state index contributed by atoms with van der Waals surface area (Å²) >= 11 is 0.883. The van der Waals surface area contributed by atoms with Gasteiger partial charge in [-0.1, -0.05) is 35.5 Å². The normalized spacial score (nSPS) is 14.5. The number of amides is 1. The van der Waals surface area contributed by atoms with Crippen LogP contribution in [0.25, 0.3) is 0 Å². The van der Waals surface area contributed by atoms with Crippen LogP contribution in [0.4, 0.5) is 5.69 Å². The van der Waals surface area contributed by atoms with E-state index >= 15 is 0 Å². The van der Waals surface area contributed by atoms with Gasteiger partial charge in [0.2, 0.25) is 0 Å². The van der Waals surface area contributed by atoms with Gasteiger partial charge < -0.3 is 16.0 Å². The van der Waals surface area contributed by atoms with Gasteiger partial charge in [-0.25, -0.2) is 0 Å². The fourth-order valence-corrected chi connectivity index (χ4v) is 7.07. The quantitative estimate of drug-likeness (QED) is 0.363. The minimum absolute atomic E-state index is 0.0821. The first kappa shape index (κ1) is 22.2. The average Bonchev–Trinajstić information content (AvgIpc) is 2.64. The molecule has 0 aliphatic heterocycles.